The molecule has 0 aliphatic rings. The van der Waals surface area contributed by atoms with Gasteiger partial charge < -0.3 is 19.0 Å². The van der Waals surface area contributed by atoms with Gasteiger partial charge in [-0.25, -0.2) is 5.43 Å². The molecule has 1 aromatic heterocycles. The Kier molecular flexibility index (Phi) is 5.40. The minimum absolute atomic E-state index is 0.0784. The number of rotatable bonds is 6. The van der Waals surface area contributed by atoms with Crippen LogP contribution in [0.1, 0.15) is 11.3 Å². The summed E-state index contributed by atoms with van der Waals surface area (Å²) in [6.45, 7) is 0. The van der Waals surface area contributed by atoms with Gasteiger partial charge in [0.2, 0.25) is 0 Å². The molecule has 1 aromatic carbocycles. The summed E-state index contributed by atoms with van der Waals surface area (Å²) in [5.41, 5.74) is 2.63. The van der Waals surface area contributed by atoms with Crippen LogP contribution in [0.2, 0.25) is 0 Å². The smallest absolute Gasteiger partial charge is 0.264 e. The predicted molar refractivity (Wildman–Crippen MR) is 84.7 cm³/mol. The summed E-state index contributed by atoms with van der Waals surface area (Å²) in [5.74, 6) is 0.849. The molecule has 0 aliphatic carbocycles. The highest BCUT2D eigenvalue weighted by atomic mass is 16.5. The lowest BCUT2D eigenvalue weighted by Crippen LogP contribution is -2.14. The summed E-state index contributed by atoms with van der Waals surface area (Å²) in [6.07, 6.45) is 5.58. The van der Waals surface area contributed by atoms with Crippen LogP contribution < -0.4 is 14.9 Å². The van der Waals surface area contributed by atoms with E-state index in [1.54, 1.807) is 18.2 Å². The van der Waals surface area contributed by atoms with Crippen LogP contribution in [0.15, 0.2) is 46.1 Å². The van der Waals surface area contributed by atoms with Gasteiger partial charge in [0.25, 0.3) is 5.91 Å². The Morgan fingerprint density at radius 2 is 2.17 bits per heavy atom. The number of aromatic hydroxyl groups is 1. The van der Waals surface area contributed by atoms with Crippen molar-refractivity contribution in [1.82, 2.24) is 5.43 Å². The van der Waals surface area contributed by atoms with Crippen LogP contribution in [0.25, 0.3) is 6.08 Å². The SMILES string of the molecule is COc1cc(O)c(C=NNC(=O)C=Cc2ccco2)c(OC)c1. The van der Waals surface area contributed by atoms with E-state index in [9.17, 15) is 9.90 Å². The number of furan rings is 1. The number of ether oxygens (including phenoxy) is 2. The molecule has 0 saturated carbocycles. The molecule has 0 fully saturated rings. The average Bonchev–Trinajstić information content (AvgIpc) is 3.07. The molecule has 0 spiro atoms. The Labute approximate surface area is 132 Å². The molecular formula is C16H16N2O5. The van der Waals surface area contributed by atoms with E-state index in [0.717, 1.165) is 0 Å². The van der Waals surface area contributed by atoms with Gasteiger partial charge in [0.15, 0.2) is 0 Å². The molecule has 7 heteroatoms. The predicted octanol–water partition coefficient (Wildman–Crippen LogP) is 2.17. The number of nitrogens with one attached hydrogen (secondary N) is 1. The molecule has 2 N–H and O–H groups in total. The zero-order valence-electron chi connectivity index (χ0n) is 12.6. The first-order valence-electron chi connectivity index (χ1n) is 6.63. The highest BCUT2D eigenvalue weighted by Gasteiger charge is 2.09. The number of hydrogen-bond donors (Lipinski definition) is 2. The van der Waals surface area contributed by atoms with Crippen molar-refractivity contribution >= 4 is 18.2 Å². The van der Waals surface area contributed by atoms with Gasteiger partial charge in [-0.2, -0.15) is 5.10 Å². The second-order valence-electron chi connectivity index (χ2n) is 4.35. The van der Waals surface area contributed by atoms with E-state index < -0.39 is 5.91 Å². The van der Waals surface area contributed by atoms with Crippen molar-refractivity contribution in [2.45, 2.75) is 0 Å². The molecule has 7 nitrogen and oxygen atoms in total. The van der Waals surface area contributed by atoms with E-state index in [4.69, 9.17) is 13.9 Å². The molecule has 0 bridgehead atoms. The van der Waals surface area contributed by atoms with E-state index >= 15 is 0 Å². The van der Waals surface area contributed by atoms with E-state index in [2.05, 4.69) is 10.5 Å². The van der Waals surface area contributed by atoms with Crippen molar-refractivity contribution in [1.29, 1.82) is 0 Å². The third kappa shape index (κ3) is 4.37. The Balaban J connectivity index is 2.04. The Hall–Kier alpha value is -3.22. The van der Waals surface area contributed by atoms with Gasteiger partial charge in [-0.05, 0) is 18.2 Å². The maximum Gasteiger partial charge on any atom is 0.264 e. The van der Waals surface area contributed by atoms with Crippen molar-refractivity contribution in [2.24, 2.45) is 5.10 Å². The van der Waals surface area contributed by atoms with Crippen LogP contribution in [0, 0.1) is 0 Å². The summed E-state index contributed by atoms with van der Waals surface area (Å²) >= 11 is 0. The maximum absolute atomic E-state index is 11.6. The molecule has 2 aromatic rings. The third-order valence-corrected chi connectivity index (χ3v) is 2.86. The van der Waals surface area contributed by atoms with Crippen molar-refractivity contribution in [3.05, 3.63) is 47.9 Å². The van der Waals surface area contributed by atoms with E-state index in [1.807, 2.05) is 0 Å². The van der Waals surface area contributed by atoms with E-state index in [0.29, 0.717) is 22.8 Å². The molecule has 2 rings (SSSR count). The van der Waals surface area contributed by atoms with Crippen LogP contribution in [-0.4, -0.2) is 31.4 Å². The molecule has 0 radical (unpaired) electrons. The fourth-order valence-corrected chi connectivity index (χ4v) is 1.75. The molecule has 0 aliphatic heterocycles. The monoisotopic (exact) mass is 316 g/mol. The second kappa shape index (κ2) is 7.69. The van der Waals surface area contributed by atoms with Crippen LogP contribution >= 0.6 is 0 Å². The minimum atomic E-state index is -0.440. The molecule has 23 heavy (non-hydrogen) atoms. The quantitative estimate of drug-likeness (QED) is 0.484. The molecule has 0 unspecified atom stereocenters. The fraction of sp³-hybridized carbons (Fsp3) is 0.125. The number of phenols is 1. The Bertz CT molecular complexity index is 720. The number of benzene rings is 1. The molecule has 1 heterocycles. The summed E-state index contributed by atoms with van der Waals surface area (Å²) in [7, 11) is 2.93. The largest absolute Gasteiger partial charge is 0.507 e. The van der Waals surface area contributed by atoms with Crippen LogP contribution in [0.5, 0.6) is 17.2 Å². The first-order valence-corrected chi connectivity index (χ1v) is 6.63. The highest BCUT2D eigenvalue weighted by molar-refractivity contribution is 5.93. The van der Waals surface area contributed by atoms with Crippen molar-refractivity contribution in [3.8, 4) is 17.2 Å². The lowest BCUT2D eigenvalue weighted by Gasteiger charge is -2.09. The zero-order chi connectivity index (χ0) is 16.7. The van der Waals surface area contributed by atoms with Crippen LogP contribution in [-0.2, 0) is 4.79 Å². The first-order chi connectivity index (χ1) is 11.1. The zero-order valence-corrected chi connectivity index (χ0v) is 12.6. The maximum atomic E-state index is 11.6. The van der Waals surface area contributed by atoms with Crippen molar-refractivity contribution < 1.29 is 23.8 Å². The number of carbonyl (C=O) groups excluding carboxylic acids is 1. The number of nitrogens with zero attached hydrogens (tertiary/aromatic N) is 1. The van der Waals surface area contributed by atoms with Crippen molar-refractivity contribution in [3.63, 3.8) is 0 Å². The topological polar surface area (TPSA) is 93.3 Å². The number of amides is 1. The minimum Gasteiger partial charge on any atom is -0.507 e. The van der Waals surface area contributed by atoms with E-state index in [1.165, 1.54) is 44.9 Å². The highest BCUT2D eigenvalue weighted by Crippen LogP contribution is 2.31. The number of hydrogen-bond acceptors (Lipinski definition) is 6. The van der Waals surface area contributed by atoms with Gasteiger partial charge >= 0.3 is 0 Å². The molecule has 120 valence electrons. The third-order valence-electron chi connectivity index (χ3n) is 2.86. The molecule has 0 saturated heterocycles. The summed E-state index contributed by atoms with van der Waals surface area (Å²) in [5, 5.41) is 13.7. The Morgan fingerprint density at radius 1 is 1.35 bits per heavy atom. The normalized spacial score (nSPS) is 11.0. The lowest BCUT2D eigenvalue weighted by molar-refractivity contribution is -0.116. The number of hydrazone groups is 1. The number of carbonyl (C=O) groups is 1. The van der Waals surface area contributed by atoms with Gasteiger partial charge in [0.1, 0.15) is 23.0 Å². The van der Waals surface area contributed by atoms with Gasteiger partial charge in [-0.1, -0.05) is 0 Å². The van der Waals surface area contributed by atoms with Gasteiger partial charge in [0.05, 0.1) is 32.3 Å². The fourth-order valence-electron chi connectivity index (χ4n) is 1.75. The second-order valence-corrected chi connectivity index (χ2v) is 4.35. The summed E-state index contributed by atoms with van der Waals surface area (Å²) in [4.78, 5) is 11.6. The first kappa shape index (κ1) is 16.2. The summed E-state index contributed by atoms with van der Waals surface area (Å²) < 4.78 is 15.2. The van der Waals surface area contributed by atoms with Gasteiger partial charge in [-0.15, -0.1) is 0 Å². The van der Waals surface area contributed by atoms with Gasteiger partial charge in [-0.3, -0.25) is 4.79 Å². The molecular weight excluding hydrogens is 300 g/mol. The average molecular weight is 316 g/mol. The number of methoxy groups -OCH3 is 2. The molecule has 0 atom stereocenters. The molecule has 1 amide bonds. The summed E-state index contributed by atoms with van der Waals surface area (Å²) in [6, 6.07) is 6.45. The van der Waals surface area contributed by atoms with Crippen LogP contribution in [0.4, 0.5) is 0 Å². The standard InChI is InChI=1S/C16H16N2O5/c1-21-12-8-14(19)13(15(9-12)22-2)10-17-18-16(20)6-5-11-4-3-7-23-11/h3-10,19H,1-2H3,(H,18,20). The van der Waals surface area contributed by atoms with Crippen molar-refractivity contribution in [2.75, 3.05) is 14.2 Å². The Morgan fingerprint density at radius 3 is 2.83 bits per heavy atom. The van der Waals surface area contributed by atoms with Crippen LogP contribution in [0.3, 0.4) is 0 Å². The number of phenolic OH excluding ortho intramolecular Hbond substituents is 1. The lowest BCUT2D eigenvalue weighted by atomic mass is 10.2. The van der Waals surface area contributed by atoms with Gasteiger partial charge in [0, 0.05) is 18.2 Å². The van der Waals surface area contributed by atoms with E-state index in [-0.39, 0.29) is 5.75 Å².